The number of amides is 2. The Balaban J connectivity index is 2.37. The number of hydrogen-bond donors (Lipinski definition) is 2. The molecule has 32 heavy (non-hydrogen) atoms. The molecule has 1 unspecified atom stereocenters. The highest BCUT2D eigenvalue weighted by atomic mass is 127. The van der Waals surface area contributed by atoms with Crippen molar-refractivity contribution in [3.8, 4) is 0 Å². The minimum Gasteiger partial charge on any atom is -0.458 e. The minimum atomic E-state index is -5.09. The number of rotatable bonds is 11. The molecule has 0 aromatic heterocycles. The number of nitrogens with one attached hydrogen (secondary N) is 2. The molecular formula is C22H30F3IN2O4. The summed E-state index contributed by atoms with van der Waals surface area (Å²) in [6, 6.07) is 6.67. The molecule has 6 nitrogen and oxygen atoms in total. The van der Waals surface area contributed by atoms with E-state index in [2.05, 4.69) is 27.9 Å². The van der Waals surface area contributed by atoms with Crippen molar-refractivity contribution in [1.82, 2.24) is 10.6 Å². The quantitative estimate of drug-likeness (QED) is 0.236. The minimum absolute atomic E-state index is 0.0284. The first kappa shape index (κ1) is 28.2. The molecule has 0 aliphatic heterocycles. The SMILES string of the molecule is CC(C)(C)OC(=O)C(CCCCNC(=O)CCCc1ccc(I)cc1)NC(=O)C(F)(F)F. The van der Waals surface area contributed by atoms with Crippen LogP contribution >= 0.6 is 22.6 Å². The number of benzene rings is 1. The van der Waals surface area contributed by atoms with E-state index in [1.54, 1.807) is 26.1 Å². The molecule has 0 heterocycles. The van der Waals surface area contributed by atoms with E-state index in [9.17, 15) is 27.6 Å². The Hall–Kier alpha value is -1.85. The lowest BCUT2D eigenvalue weighted by Crippen LogP contribution is -2.48. The van der Waals surface area contributed by atoms with Gasteiger partial charge in [-0.25, -0.2) is 4.79 Å². The molecule has 1 atom stereocenters. The largest absolute Gasteiger partial charge is 0.471 e. The molecule has 1 aromatic rings. The molecule has 0 saturated carbocycles. The second kappa shape index (κ2) is 13.0. The Morgan fingerprint density at radius 2 is 1.66 bits per heavy atom. The number of carbonyl (C=O) groups excluding carboxylic acids is 3. The average molecular weight is 570 g/mol. The summed E-state index contributed by atoms with van der Waals surface area (Å²) >= 11 is 2.23. The van der Waals surface area contributed by atoms with Crippen LogP contribution in [0, 0.1) is 3.57 Å². The fourth-order valence-corrected chi connectivity index (χ4v) is 3.12. The highest BCUT2D eigenvalue weighted by Gasteiger charge is 2.41. The molecule has 2 N–H and O–H groups in total. The van der Waals surface area contributed by atoms with Crippen LogP contribution in [0.25, 0.3) is 0 Å². The van der Waals surface area contributed by atoms with Gasteiger partial charge in [-0.1, -0.05) is 12.1 Å². The van der Waals surface area contributed by atoms with E-state index in [4.69, 9.17) is 4.74 Å². The van der Waals surface area contributed by atoms with Crippen LogP contribution in [0.4, 0.5) is 13.2 Å². The van der Waals surface area contributed by atoms with Gasteiger partial charge in [-0.3, -0.25) is 9.59 Å². The summed E-state index contributed by atoms with van der Waals surface area (Å²) in [5.41, 5.74) is 0.261. The molecule has 1 aromatic carbocycles. The molecule has 0 radical (unpaired) electrons. The van der Waals surface area contributed by atoms with Gasteiger partial charge >= 0.3 is 18.1 Å². The molecule has 0 spiro atoms. The smallest absolute Gasteiger partial charge is 0.458 e. The topological polar surface area (TPSA) is 84.5 Å². The summed E-state index contributed by atoms with van der Waals surface area (Å²) in [7, 11) is 0. The first-order chi connectivity index (χ1) is 14.8. The Morgan fingerprint density at radius 1 is 1.03 bits per heavy atom. The summed E-state index contributed by atoms with van der Waals surface area (Å²) in [4.78, 5) is 35.4. The predicted octanol–water partition coefficient (Wildman–Crippen LogP) is 4.29. The molecular weight excluding hydrogens is 540 g/mol. The van der Waals surface area contributed by atoms with E-state index in [0.717, 1.165) is 15.6 Å². The van der Waals surface area contributed by atoms with Crippen LogP contribution in [0.3, 0.4) is 0 Å². The van der Waals surface area contributed by atoms with Crippen molar-refractivity contribution in [1.29, 1.82) is 0 Å². The number of esters is 1. The normalized spacial score (nSPS) is 12.7. The maximum Gasteiger partial charge on any atom is 0.471 e. The fraction of sp³-hybridized carbons (Fsp3) is 0.591. The third-order valence-corrected chi connectivity index (χ3v) is 5.00. The first-order valence-corrected chi connectivity index (χ1v) is 11.5. The number of ether oxygens (including phenoxy) is 1. The Labute approximate surface area is 200 Å². The van der Waals surface area contributed by atoms with E-state index >= 15 is 0 Å². The van der Waals surface area contributed by atoms with Crippen molar-refractivity contribution in [2.45, 2.75) is 77.1 Å². The number of aryl methyl sites for hydroxylation is 1. The lowest BCUT2D eigenvalue weighted by Gasteiger charge is -2.25. The number of alkyl halides is 3. The summed E-state index contributed by atoms with van der Waals surface area (Å²) in [5.74, 6) is -3.21. The standard InChI is InChI=1S/C22H30F3IN2O4/c1-21(2,3)32-19(30)17(28-20(31)22(23,24)25)8-4-5-14-27-18(29)9-6-7-15-10-12-16(26)13-11-15/h10-13,17H,4-9,14H2,1-3H3,(H,27,29)(H,28,31). The Bertz CT molecular complexity index is 762. The Kier molecular flexibility index (Phi) is 11.5. The van der Waals surface area contributed by atoms with Crippen LogP contribution in [0.2, 0.25) is 0 Å². The number of unbranched alkanes of at least 4 members (excludes halogenated alkanes) is 1. The van der Waals surface area contributed by atoms with Crippen molar-refractivity contribution in [2.75, 3.05) is 6.54 Å². The van der Waals surface area contributed by atoms with Crippen molar-refractivity contribution in [3.05, 3.63) is 33.4 Å². The van der Waals surface area contributed by atoms with Gasteiger partial charge in [0.25, 0.3) is 0 Å². The maximum absolute atomic E-state index is 12.6. The van der Waals surface area contributed by atoms with Gasteiger partial charge in [0.15, 0.2) is 0 Å². The molecule has 0 fully saturated rings. The zero-order valence-corrected chi connectivity index (χ0v) is 20.6. The van der Waals surface area contributed by atoms with E-state index < -0.39 is 29.7 Å². The number of carbonyl (C=O) groups is 3. The average Bonchev–Trinajstić information content (AvgIpc) is 2.66. The van der Waals surface area contributed by atoms with Crippen LogP contribution in [0.1, 0.15) is 58.4 Å². The zero-order chi connectivity index (χ0) is 24.4. The molecule has 1 rings (SSSR count). The maximum atomic E-state index is 12.6. The lowest BCUT2D eigenvalue weighted by molar-refractivity contribution is -0.177. The Morgan fingerprint density at radius 3 is 2.22 bits per heavy atom. The first-order valence-electron chi connectivity index (χ1n) is 10.4. The van der Waals surface area contributed by atoms with Crippen LogP contribution < -0.4 is 10.6 Å². The number of halogens is 4. The third-order valence-electron chi connectivity index (χ3n) is 4.28. The van der Waals surface area contributed by atoms with Gasteiger partial charge in [-0.15, -0.1) is 0 Å². The molecule has 2 amide bonds. The lowest BCUT2D eigenvalue weighted by atomic mass is 10.1. The highest BCUT2D eigenvalue weighted by molar-refractivity contribution is 14.1. The molecule has 10 heteroatoms. The second-order valence-corrected chi connectivity index (χ2v) is 9.63. The van der Waals surface area contributed by atoms with Crippen LogP contribution in [-0.4, -0.2) is 42.1 Å². The predicted molar refractivity (Wildman–Crippen MR) is 123 cm³/mol. The zero-order valence-electron chi connectivity index (χ0n) is 18.5. The van der Waals surface area contributed by atoms with Gasteiger partial charge in [0.2, 0.25) is 5.91 Å². The van der Waals surface area contributed by atoms with E-state index in [-0.39, 0.29) is 12.3 Å². The van der Waals surface area contributed by atoms with E-state index in [0.29, 0.717) is 32.2 Å². The van der Waals surface area contributed by atoms with E-state index in [1.807, 2.05) is 24.3 Å². The van der Waals surface area contributed by atoms with Crippen LogP contribution in [0.15, 0.2) is 24.3 Å². The second-order valence-electron chi connectivity index (χ2n) is 8.38. The van der Waals surface area contributed by atoms with Gasteiger partial charge < -0.3 is 15.4 Å². The molecule has 0 aliphatic rings. The van der Waals surface area contributed by atoms with Crippen molar-refractivity contribution in [3.63, 3.8) is 0 Å². The van der Waals surface area contributed by atoms with Gasteiger partial charge in [0.05, 0.1) is 0 Å². The summed E-state index contributed by atoms with van der Waals surface area (Å²) in [6.45, 7) is 5.08. The van der Waals surface area contributed by atoms with E-state index in [1.165, 1.54) is 0 Å². The molecule has 0 bridgehead atoms. The molecule has 180 valence electrons. The van der Waals surface area contributed by atoms with Crippen LogP contribution in [-0.2, 0) is 25.5 Å². The highest BCUT2D eigenvalue weighted by Crippen LogP contribution is 2.17. The summed E-state index contributed by atoms with van der Waals surface area (Å²) in [6.07, 6.45) is -2.48. The van der Waals surface area contributed by atoms with Gasteiger partial charge in [0, 0.05) is 16.5 Å². The van der Waals surface area contributed by atoms with Gasteiger partial charge in [0.1, 0.15) is 11.6 Å². The third kappa shape index (κ3) is 12.3. The van der Waals surface area contributed by atoms with Crippen molar-refractivity contribution in [2.24, 2.45) is 0 Å². The van der Waals surface area contributed by atoms with Crippen molar-refractivity contribution >= 4 is 40.4 Å². The van der Waals surface area contributed by atoms with Crippen molar-refractivity contribution < 1.29 is 32.3 Å². The number of hydrogen-bond acceptors (Lipinski definition) is 4. The fourth-order valence-electron chi connectivity index (χ4n) is 2.76. The van der Waals surface area contributed by atoms with Gasteiger partial charge in [-0.05, 0) is 93.2 Å². The summed E-state index contributed by atoms with van der Waals surface area (Å²) in [5, 5.41) is 4.46. The monoisotopic (exact) mass is 570 g/mol. The van der Waals surface area contributed by atoms with Gasteiger partial charge in [-0.2, -0.15) is 13.2 Å². The van der Waals surface area contributed by atoms with Crippen LogP contribution in [0.5, 0.6) is 0 Å². The molecule has 0 saturated heterocycles. The molecule has 0 aliphatic carbocycles. The summed E-state index contributed by atoms with van der Waals surface area (Å²) < 4.78 is 43.9.